The Hall–Kier alpha value is -3.75. The summed E-state index contributed by atoms with van der Waals surface area (Å²) in [6, 6.07) is 11.2. The fourth-order valence-electron chi connectivity index (χ4n) is 5.27. The van der Waals surface area contributed by atoms with E-state index in [9.17, 15) is 9.59 Å². The van der Waals surface area contributed by atoms with Crippen LogP contribution in [-0.2, 0) is 4.74 Å². The monoisotopic (exact) mass is 503 g/mol. The van der Waals surface area contributed by atoms with E-state index in [-0.39, 0.29) is 18.0 Å². The van der Waals surface area contributed by atoms with E-state index in [0.29, 0.717) is 65.4 Å². The number of carbonyl (C=O) groups is 2. The molecular weight excluding hydrogens is 470 g/mol. The summed E-state index contributed by atoms with van der Waals surface area (Å²) in [4.78, 5) is 41.4. The number of nitrogens with one attached hydrogen (secondary N) is 1. The molecule has 37 heavy (non-hydrogen) atoms. The van der Waals surface area contributed by atoms with Gasteiger partial charge >= 0.3 is 6.09 Å². The molecule has 2 fully saturated rings. The van der Waals surface area contributed by atoms with Crippen LogP contribution < -0.4 is 10.1 Å². The maximum atomic E-state index is 13.5. The predicted octanol–water partition coefficient (Wildman–Crippen LogP) is 4.47. The zero-order valence-corrected chi connectivity index (χ0v) is 21.7. The molecule has 1 unspecified atom stereocenters. The SMILES string of the molecule is CCOc1ccc(-c2nc(C(=O)NC3C[C@@H]4CN(C(=O)OC(C)(C)C)C[C@@H]4C3)c3ccccc3n2)cn1. The highest BCUT2D eigenvalue weighted by Crippen LogP contribution is 2.38. The quantitative estimate of drug-likeness (QED) is 0.548. The van der Waals surface area contributed by atoms with Crippen LogP contribution in [-0.4, -0.2) is 63.2 Å². The highest BCUT2D eigenvalue weighted by molar-refractivity contribution is 6.05. The van der Waals surface area contributed by atoms with Gasteiger partial charge in [-0.25, -0.2) is 19.7 Å². The lowest BCUT2D eigenvalue weighted by Gasteiger charge is -2.25. The number of benzene rings is 1. The van der Waals surface area contributed by atoms with Crippen LogP contribution in [0.15, 0.2) is 42.6 Å². The first-order valence-electron chi connectivity index (χ1n) is 12.8. The molecule has 2 amide bonds. The lowest BCUT2D eigenvalue weighted by Crippen LogP contribution is -2.38. The Morgan fingerprint density at radius 1 is 1.05 bits per heavy atom. The third kappa shape index (κ3) is 5.50. The molecule has 1 aliphatic carbocycles. The first-order valence-corrected chi connectivity index (χ1v) is 12.8. The molecule has 3 atom stereocenters. The molecular formula is C28H33N5O4. The maximum absolute atomic E-state index is 13.5. The first kappa shape index (κ1) is 24.9. The topological polar surface area (TPSA) is 107 Å². The molecule has 1 saturated heterocycles. The van der Waals surface area contributed by atoms with Crippen LogP contribution in [0.25, 0.3) is 22.3 Å². The predicted molar refractivity (Wildman–Crippen MR) is 139 cm³/mol. The number of carbonyl (C=O) groups excluding carboxylic acids is 2. The highest BCUT2D eigenvalue weighted by Gasteiger charge is 2.44. The second-order valence-corrected chi connectivity index (χ2v) is 10.8. The van der Waals surface area contributed by atoms with Crippen molar-refractivity contribution in [3.8, 4) is 17.3 Å². The van der Waals surface area contributed by atoms with Gasteiger partial charge in [-0.3, -0.25) is 4.79 Å². The van der Waals surface area contributed by atoms with Crippen molar-refractivity contribution < 1.29 is 19.1 Å². The van der Waals surface area contributed by atoms with Gasteiger partial charge in [0.05, 0.1) is 12.1 Å². The van der Waals surface area contributed by atoms with Gasteiger partial charge in [-0.05, 0) is 64.5 Å². The summed E-state index contributed by atoms with van der Waals surface area (Å²) < 4.78 is 11.0. The number of pyridine rings is 1. The number of hydrogen-bond acceptors (Lipinski definition) is 7. The highest BCUT2D eigenvalue weighted by atomic mass is 16.6. The van der Waals surface area contributed by atoms with Gasteiger partial charge in [0.25, 0.3) is 5.91 Å². The normalized spacial score (nSPS) is 21.1. The Morgan fingerprint density at radius 3 is 2.43 bits per heavy atom. The average molecular weight is 504 g/mol. The molecule has 1 aliphatic heterocycles. The van der Waals surface area contributed by atoms with Crippen molar-refractivity contribution in [1.82, 2.24) is 25.2 Å². The van der Waals surface area contributed by atoms with E-state index in [4.69, 9.17) is 9.47 Å². The summed E-state index contributed by atoms with van der Waals surface area (Å²) in [6.45, 7) is 9.40. The Bertz CT molecular complexity index is 1290. The van der Waals surface area contributed by atoms with Crippen molar-refractivity contribution in [1.29, 1.82) is 0 Å². The fraction of sp³-hybridized carbons (Fsp3) is 0.464. The molecule has 5 rings (SSSR count). The molecule has 1 N–H and O–H groups in total. The maximum Gasteiger partial charge on any atom is 0.410 e. The number of fused-ring (bicyclic) bond motifs is 2. The minimum absolute atomic E-state index is 0.0348. The number of amides is 2. The average Bonchev–Trinajstić information content (AvgIpc) is 3.42. The van der Waals surface area contributed by atoms with Crippen LogP contribution in [0.2, 0.25) is 0 Å². The van der Waals surface area contributed by atoms with Gasteiger partial charge in [0.15, 0.2) is 5.82 Å². The Balaban J connectivity index is 1.30. The second-order valence-electron chi connectivity index (χ2n) is 10.8. The van der Waals surface area contributed by atoms with Gasteiger partial charge in [0.2, 0.25) is 5.88 Å². The number of nitrogens with zero attached hydrogens (tertiary/aromatic N) is 4. The summed E-state index contributed by atoms with van der Waals surface area (Å²) in [5.41, 5.74) is 1.25. The van der Waals surface area contributed by atoms with Gasteiger partial charge < -0.3 is 19.7 Å². The van der Waals surface area contributed by atoms with E-state index >= 15 is 0 Å². The van der Waals surface area contributed by atoms with E-state index < -0.39 is 5.60 Å². The summed E-state index contributed by atoms with van der Waals surface area (Å²) in [7, 11) is 0. The molecule has 0 bridgehead atoms. The standard InChI is InChI=1S/C28H33N5O4/c1-5-36-23-11-10-17(14-29-23)25-31-22-9-7-6-8-21(22)24(32-25)26(34)30-20-12-18-15-33(16-19(18)13-20)27(35)37-28(2,3)4/h6-11,14,18-20H,5,12-13,15-16H2,1-4H3,(H,30,34)/t18-,19+,20?. The second kappa shape index (κ2) is 9.95. The molecule has 2 aliphatic rings. The van der Waals surface area contributed by atoms with Crippen molar-refractivity contribution in [2.45, 2.75) is 52.2 Å². The summed E-state index contributed by atoms with van der Waals surface area (Å²) >= 11 is 0. The Labute approximate surface area is 216 Å². The van der Waals surface area contributed by atoms with Crippen molar-refractivity contribution in [3.63, 3.8) is 0 Å². The van der Waals surface area contributed by atoms with Crippen molar-refractivity contribution in [3.05, 3.63) is 48.3 Å². The fourth-order valence-corrected chi connectivity index (χ4v) is 5.27. The summed E-state index contributed by atoms with van der Waals surface area (Å²) in [5, 5.41) is 3.91. The Morgan fingerprint density at radius 2 is 1.78 bits per heavy atom. The van der Waals surface area contributed by atoms with Crippen LogP contribution in [0.1, 0.15) is 51.0 Å². The van der Waals surface area contributed by atoms with Crippen LogP contribution >= 0.6 is 0 Å². The largest absolute Gasteiger partial charge is 0.478 e. The number of hydrogen-bond donors (Lipinski definition) is 1. The third-order valence-electron chi connectivity index (χ3n) is 6.84. The number of likely N-dealkylation sites (tertiary alicyclic amines) is 1. The minimum atomic E-state index is -0.508. The van der Waals surface area contributed by atoms with E-state index in [0.717, 1.165) is 12.8 Å². The van der Waals surface area contributed by atoms with E-state index in [1.54, 1.807) is 17.2 Å². The lowest BCUT2D eigenvalue weighted by atomic mass is 10.0. The van der Waals surface area contributed by atoms with Crippen molar-refractivity contribution >= 4 is 22.9 Å². The van der Waals surface area contributed by atoms with Gasteiger partial charge in [-0.15, -0.1) is 0 Å². The zero-order valence-electron chi connectivity index (χ0n) is 21.7. The number of rotatable bonds is 5. The molecule has 0 spiro atoms. The van der Waals surface area contributed by atoms with Gasteiger partial charge in [-0.1, -0.05) is 18.2 Å². The van der Waals surface area contributed by atoms with Crippen LogP contribution in [0.4, 0.5) is 4.79 Å². The van der Waals surface area contributed by atoms with E-state index in [1.165, 1.54) is 0 Å². The molecule has 3 aromatic rings. The van der Waals surface area contributed by atoms with Crippen molar-refractivity contribution in [2.75, 3.05) is 19.7 Å². The third-order valence-corrected chi connectivity index (χ3v) is 6.84. The smallest absolute Gasteiger partial charge is 0.410 e. The first-order chi connectivity index (χ1) is 17.7. The summed E-state index contributed by atoms with van der Waals surface area (Å²) in [6.07, 6.45) is 3.06. The van der Waals surface area contributed by atoms with Gasteiger partial charge in [-0.2, -0.15) is 0 Å². The molecule has 2 aromatic heterocycles. The molecule has 9 heteroatoms. The van der Waals surface area contributed by atoms with Crippen LogP contribution in [0.3, 0.4) is 0 Å². The molecule has 194 valence electrons. The van der Waals surface area contributed by atoms with E-state index in [2.05, 4.69) is 20.3 Å². The molecule has 1 saturated carbocycles. The molecule has 3 heterocycles. The van der Waals surface area contributed by atoms with Crippen molar-refractivity contribution in [2.24, 2.45) is 11.8 Å². The lowest BCUT2D eigenvalue weighted by molar-refractivity contribution is 0.0278. The van der Waals surface area contributed by atoms with Gasteiger partial charge in [0, 0.05) is 42.3 Å². The number of aromatic nitrogens is 3. The number of para-hydroxylation sites is 1. The summed E-state index contributed by atoms with van der Waals surface area (Å²) in [5.74, 6) is 1.46. The zero-order chi connectivity index (χ0) is 26.2. The minimum Gasteiger partial charge on any atom is -0.478 e. The van der Waals surface area contributed by atoms with Crippen LogP contribution in [0, 0.1) is 11.8 Å². The molecule has 9 nitrogen and oxygen atoms in total. The molecule has 1 aromatic carbocycles. The van der Waals surface area contributed by atoms with Gasteiger partial charge in [0.1, 0.15) is 11.3 Å². The van der Waals surface area contributed by atoms with Crippen LogP contribution in [0.5, 0.6) is 5.88 Å². The Kier molecular flexibility index (Phi) is 6.70. The molecule has 0 radical (unpaired) electrons. The van der Waals surface area contributed by atoms with E-state index in [1.807, 2.05) is 58.0 Å². The number of ether oxygens (including phenoxy) is 2.